The van der Waals surface area contributed by atoms with Crippen molar-refractivity contribution in [2.75, 3.05) is 14.2 Å². The molecule has 0 spiro atoms. The van der Waals surface area contributed by atoms with E-state index in [0.717, 1.165) is 5.56 Å². The van der Waals surface area contributed by atoms with E-state index in [1.807, 2.05) is 0 Å². The number of aromatic nitrogens is 1. The fourth-order valence-electron chi connectivity index (χ4n) is 2.84. The van der Waals surface area contributed by atoms with Gasteiger partial charge in [0.2, 0.25) is 5.88 Å². The maximum absolute atomic E-state index is 11.1. The van der Waals surface area contributed by atoms with Crippen molar-refractivity contribution in [3.05, 3.63) is 57.0 Å². The van der Waals surface area contributed by atoms with Crippen LogP contribution in [0.3, 0.4) is 0 Å². The number of rotatable bonds is 6. The van der Waals surface area contributed by atoms with Gasteiger partial charge in [-0.2, -0.15) is 0 Å². The molecule has 134 valence electrons. The molecule has 9 nitrogen and oxygen atoms in total. The highest BCUT2D eigenvalue weighted by molar-refractivity contribution is 5.96. The van der Waals surface area contributed by atoms with E-state index in [2.05, 4.69) is 5.18 Å². The number of benzene rings is 2. The van der Waals surface area contributed by atoms with Gasteiger partial charge in [-0.15, -0.1) is 4.91 Å². The third-order valence-electron chi connectivity index (χ3n) is 4.08. The Morgan fingerprint density at radius 3 is 2.50 bits per heavy atom. The van der Waals surface area contributed by atoms with Gasteiger partial charge in [0, 0.05) is 17.5 Å². The molecule has 0 bridgehead atoms. The largest absolute Gasteiger partial charge is 0.493 e. The first-order valence-corrected chi connectivity index (χ1v) is 7.54. The van der Waals surface area contributed by atoms with Gasteiger partial charge in [-0.1, -0.05) is 6.07 Å². The van der Waals surface area contributed by atoms with Gasteiger partial charge in [0.25, 0.3) is 5.69 Å². The number of nitroso groups, excluding NO2 is 1. The maximum atomic E-state index is 11.1. The molecule has 0 aliphatic heterocycles. The second-order valence-corrected chi connectivity index (χ2v) is 5.50. The Hall–Kier alpha value is -3.62. The normalized spacial score (nSPS) is 10.7. The number of nitro groups is 1. The highest BCUT2D eigenvalue weighted by Gasteiger charge is 2.20. The third-order valence-corrected chi connectivity index (χ3v) is 4.08. The van der Waals surface area contributed by atoms with Crippen molar-refractivity contribution in [2.45, 2.75) is 6.54 Å². The predicted octanol–water partition coefficient (Wildman–Crippen LogP) is 3.72. The van der Waals surface area contributed by atoms with Crippen LogP contribution in [0.1, 0.15) is 5.56 Å². The number of ether oxygens (including phenoxy) is 2. The van der Waals surface area contributed by atoms with Crippen molar-refractivity contribution in [1.82, 2.24) is 4.57 Å². The van der Waals surface area contributed by atoms with E-state index in [1.54, 1.807) is 18.2 Å². The summed E-state index contributed by atoms with van der Waals surface area (Å²) >= 11 is 0. The van der Waals surface area contributed by atoms with Crippen LogP contribution in [0.25, 0.3) is 10.9 Å². The Labute approximate surface area is 147 Å². The first kappa shape index (κ1) is 17.2. The van der Waals surface area contributed by atoms with Crippen LogP contribution in [0.2, 0.25) is 0 Å². The van der Waals surface area contributed by atoms with E-state index in [-0.39, 0.29) is 29.2 Å². The summed E-state index contributed by atoms with van der Waals surface area (Å²) in [4.78, 5) is 21.5. The predicted molar refractivity (Wildman–Crippen MR) is 94.4 cm³/mol. The summed E-state index contributed by atoms with van der Waals surface area (Å²) in [6, 6.07) is 9.25. The Morgan fingerprint density at radius 1 is 1.15 bits per heavy atom. The third kappa shape index (κ3) is 2.79. The number of nitrogens with zero attached hydrogens (tertiary/aromatic N) is 3. The van der Waals surface area contributed by atoms with Crippen LogP contribution in [-0.4, -0.2) is 28.8 Å². The molecule has 0 amide bonds. The number of hydrogen-bond donors (Lipinski definition) is 1. The Kier molecular flexibility index (Phi) is 4.44. The zero-order valence-corrected chi connectivity index (χ0v) is 14.0. The molecule has 3 aromatic rings. The number of non-ortho nitro benzene ring substituents is 1. The minimum Gasteiger partial charge on any atom is -0.493 e. The van der Waals surface area contributed by atoms with Gasteiger partial charge in [-0.3, -0.25) is 10.1 Å². The van der Waals surface area contributed by atoms with Crippen LogP contribution >= 0.6 is 0 Å². The second kappa shape index (κ2) is 6.71. The average Bonchev–Trinajstić information content (AvgIpc) is 2.91. The molecule has 9 heteroatoms. The molecule has 0 radical (unpaired) electrons. The van der Waals surface area contributed by atoms with Crippen molar-refractivity contribution < 1.29 is 19.5 Å². The van der Waals surface area contributed by atoms with Gasteiger partial charge >= 0.3 is 0 Å². The number of aromatic hydroxyl groups is 1. The Balaban J connectivity index is 2.12. The molecule has 0 saturated heterocycles. The fraction of sp³-hybridized carbons (Fsp3) is 0.176. The van der Waals surface area contributed by atoms with Crippen molar-refractivity contribution in [3.8, 4) is 17.4 Å². The average molecular weight is 357 g/mol. The lowest BCUT2D eigenvalue weighted by Gasteiger charge is -2.11. The van der Waals surface area contributed by atoms with Gasteiger partial charge in [0.05, 0.1) is 31.2 Å². The van der Waals surface area contributed by atoms with Crippen LogP contribution in [0.15, 0.2) is 41.6 Å². The standard InChI is InChI=1S/C17H15N3O6/c1-25-14-6-3-10(7-15(14)26-2)9-19-13-5-4-11(20(23)24)8-12(13)16(18-22)17(19)21/h3-8,21H,9H2,1-2H3. The number of hydrogen-bond acceptors (Lipinski definition) is 7. The smallest absolute Gasteiger partial charge is 0.270 e. The number of nitro benzene ring substituents is 1. The molecule has 1 heterocycles. The molecule has 0 unspecified atom stereocenters. The summed E-state index contributed by atoms with van der Waals surface area (Å²) in [6.45, 7) is 0.204. The summed E-state index contributed by atoms with van der Waals surface area (Å²) in [5.74, 6) is 0.722. The summed E-state index contributed by atoms with van der Waals surface area (Å²) in [7, 11) is 3.04. The molecular weight excluding hydrogens is 342 g/mol. The molecule has 0 aliphatic carbocycles. The van der Waals surface area contributed by atoms with Crippen LogP contribution < -0.4 is 9.47 Å². The summed E-state index contributed by atoms with van der Waals surface area (Å²) < 4.78 is 11.9. The van der Waals surface area contributed by atoms with E-state index >= 15 is 0 Å². The van der Waals surface area contributed by atoms with Gasteiger partial charge in [0.1, 0.15) is 0 Å². The van der Waals surface area contributed by atoms with Crippen molar-refractivity contribution >= 4 is 22.3 Å². The zero-order valence-electron chi connectivity index (χ0n) is 14.0. The van der Waals surface area contributed by atoms with E-state index in [1.165, 1.54) is 37.0 Å². The number of fused-ring (bicyclic) bond motifs is 1. The molecule has 0 fully saturated rings. The maximum Gasteiger partial charge on any atom is 0.270 e. The molecule has 0 atom stereocenters. The second-order valence-electron chi connectivity index (χ2n) is 5.50. The monoisotopic (exact) mass is 357 g/mol. The lowest BCUT2D eigenvalue weighted by molar-refractivity contribution is -0.384. The minimum absolute atomic E-state index is 0.189. The molecule has 1 N–H and O–H groups in total. The zero-order chi connectivity index (χ0) is 18.8. The molecular formula is C17H15N3O6. The van der Waals surface area contributed by atoms with Crippen LogP contribution in [0, 0.1) is 15.0 Å². The lowest BCUT2D eigenvalue weighted by Crippen LogP contribution is -2.00. The van der Waals surface area contributed by atoms with E-state index in [4.69, 9.17) is 9.47 Å². The SMILES string of the molecule is COc1ccc(Cn2c(O)c(N=O)c3cc([N+](=O)[O-])ccc32)cc1OC. The first-order chi connectivity index (χ1) is 12.5. The molecule has 0 aliphatic rings. The summed E-state index contributed by atoms with van der Waals surface area (Å²) in [5.41, 5.74) is 0.804. The van der Waals surface area contributed by atoms with Gasteiger partial charge in [-0.25, -0.2) is 0 Å². The topological polar surface area (TPSA) is 116 Å². The van der Waals surface area contributed by atoms with E-state index in [0.29, 0.717) is 17.0 Å². The summed E-state index contributed by atoms with van der Waals surface area (Å²) in [5, 5.41) is 24.4. The van der Waals surface area contributed by atoms with Gasteiger partial charge in [0.15, 0.2) is 17.2 Å². The van der Waals surface area contributed by atoms with Crippen LogP contribution in [0.4, 0.5) is 11.4 Å². The fourth-order valence-corrected chi connectivity index (χ4v) is 2.84. The molecule has 3 rings (SSSR count). The highest BCUT2D eigenvalue weighted by Crippen LogP contribution is 2.40. The quantitative estimate of drug-likeness (QED) is 0.408. The van der Waals surface area contributed by atoms with Crippen molar-refractivity contribution in [1.29, 1.82) is 0 Å². The van der Waals surface area contributed by atoms with E-state index in [9.17, 15) is 20.1 Å². The molecule has 2 aromatic carbocycles. The van der Waals surface area contributed by atoms with Crippen LogP contribution in [0.5, 0.6) is 17.4 Å². The minimum atomic E-state index is -0.573. The van der Waals surface area contributed by atoms with Crippen LogP contribution in [-0.2, 0) is 6.54 Å². The van der Waals surface area contributed by atoms with Gasteiger partial charge in [-0.05, 0) is 28.9 Å². The summed E-state index contributed by atoms with van der Waals surface area (Å²) in [6.07, 6.45) is 0. The lowest BCUT2D eigenvalue weighted by atomic mass is 10.2. The molecule has 26 heavy (non-hydrogen) atoms. The van der Waals surface area contributed by atoms with Crippen molar-refractivity contribution in [2.24, 2.45) is 5.18 Å². The van der Waals surface area contributed by atoms with E-state index < -0.39 is 4.92 Å². The highest BCUT2D eigenvalue weighted by atomic mass is 16.6. The Morgan fingerprint density at radius 2 is 1.88 bits per heavy atom. The molecule has 1 aromatic heterocycles. The first-order valence-electron chi connectivity index (χ1n) is 7.54. The molecule has 0 saturated carbocycles. The van der Waals surface area contributed by atoms with Crippen molar-refractivity contribution in [3.63, 3.8) is 0 Å². The Bertz CT molecular complexity index is 1010. The number of methoxy groups -OCH3 is 2. The van der Waals surface area contributed by atoms with Gasteiger partial charge < -0.3 is 19.1 Å².